The van der Waals surface area contributed by atoms with E-state index in [4.69, 9.17) is 9.47 Å². The fourth-order valence-corrected chi connectivity index (χ4v) is 1.61. The van der Waals surface area contributed by atoms with Gasteiger partial charge in [0.1, 0.15) is 18.3 Å². The summed E-state index contributed by atoms with van der Waals surface area (Å²) in [5.41, 5.74) is 0. The van der Waals surface area contributed by atoms with Crippen LogP contribution in [-0.4, -0.2) is 42.0 Å². The summed E-state index contributed by atoms with van der Waals surface area (Å²) in [6, 6.07) is 0. The maximum absolute atomic E-state index is 9.49. The van der Waals surface area contributed by atoms with Gasteiger partial charge in [0.05, 0.1) is 6.54 Å². The van der Waals surface area contributed by atoms with Crippen molar-refractivity contribution in [3.05, 3.63) is 0 Å². The third-order valence-corrected chi connectivity index (χ3v) is 2.09. The lowest BCUT2D eigenvalue weighted by molar-refractivity contribution is -0.151. The van der Waals surface area contributed by atoms with Crippen molar-refractivity contribution in [1.82, 2.24) is 0 Å². The fraction of sp³-hybridized carbons (Fsp3) is 0.875. The van der Waals surface area contributed by atoms with E-state index < -0.39 is 11.9 Å². The summed E-state index contributed by atoms with van der Waals surface area (Å²) in [6.45, 7) is 4.10. The molecule has 1 fully saturated rings. The average Bonchev–Trinajstić information content (AvgIpc) is 2.25. The molecule has 0 radical (unpaired) electrons. The van der Waals surface area contributed by atoms with E-state index in [1.54, 1.807) is 6.21 Å². The molecule has 2 heterocycles. The lowest BCUT2D eigenvalue weighted by Gasteiger charge is -2.22. The smallest absolute Gasteiger partial charge is 0.164 e. The van der Waals surface area contributed by atoms with Gasteiger partial charge in [0.2, 0.25) is 0 Å². The van der Waals surface area contributed by atoms with Crippen LogP contribution in [-0.2, 0) is 9.47 Å². The van der Waals surface area contributed by atoms with Crippen LogP contribution in [0, 0.1) is 0 Å². The minimum atomic E-state index is -0.591. The van der Waals surface area contributed by atoms with E-state index in [0.29, 0.717) is 6.54 Å². The Kier molecular flexibility index (Phi) is 1.71. The molecule has 68 valence electrons. The average molecular weight is 171 g/mol. The number of aliphatic hydroxyl groups excluding tert-OH is 1. The first-order valence-electron chi connectivity index (χ1n) is 4.12. The van der Waals surface area contributed by atoms with E-state index in [-0.39, 0.29) is 12.2 Å². The molecule has 0 aromatic heterocycles. The van der Waals surface area contributed by atoms with Gasteiger partial charge in [0, 0.05) is 6.21 Å². The Hall–Kier alpha value is -0.450. The SMILES string of the molecule is CC1(C)OC2C=NCC(O)C2O1. The van der Waals surface area contributed by atoms with Crippen LogP contribution in [0.4, 0.5) is 0 Å². The normalized spacial score (nSPS) is 44.4. The standard InChI is InChI=1S/C8H13NO3/c1-8(2)11-6-4-9-3-5(10)7(6)12-8/h4-7,10H,3H2,1-2H3. The summed E-state index contributed by atoms with van der Waals surface area (Å²) in [6.07, 6.45) is 0.773. The molecular weight excluding hydrogens is 158 g/mol. The van der Waals surface area contributed by atoms with Gasteiger partial charge in [-0.05, 0) is 13.8 Å². The number of hydrogen-bond donors (Lipinski definition) is 1. The number of fused-ring (bicyclic) bond motifs is 1. The van der Waals surface area contributed by atoms with Gasteiger partial charge in [-0.25, -0.2) is 0 Å². The molecule has 4 nitrogen and oxygen atoms in total. The van der Waals surface area contributed by atoms with Gasteiger partial charge >= 0.3 is 0 Å². The topological polar surface area (TPSA) is 51.0 Å². The van der Waals surface area contributed by atoms with Crippen LogP contribution in [0.5, 0.6) is 0 Å². The molecule has 4 heteroatoms. The highest BCUT2D eigenvalue weighted by Gasteiger charge is 2.45. The van der Waals surface area contributed by atoms with Crippen LogP contribution in [0.1, 0.15) is 13.8 Å². The number of ether oxygens (including phenoxy) is 2. The Morgan fingerprint density at radius 2 is 2.25 bits per heavy atom. The zero-order valence-electron chi connectivity index (χ0n) is 7.23. The molecule has 1 saturated heterocycles. The Morgan fingerprint density at radius 1 is 1.50 bits per heavy atom. The quantitative estimate of drug-likeness (QED) is 0.556. The molecule has 2 rings (SSSR count). The number of aliphatic hydroxyl groups is 1. The van der Waals surface area contributed by atoms with Crippen molar-refractivity contribution >= 4 is 6.21 Å². The first-order valence-corrected chi connectivity index (χ1v) is 4.12. The fourth-order valence-electron chi connectivity index (χ4n) is 1.61. The third-order valence-electron chi connectivity index (χ3n) is 2.09. The van der Waals surface area contributed by atoms with Crippen LogP contribution in [0.25, 0.3) is 0 Å². The second kappa shape index (κ2) is 2.52. The highest BCUT2D eigenvalue weighted by Crippen LogP contribution is 2.30. The molecular formula is C8H13NO3. The first-order chi connectivity index (χ1) is 5.58. The molecule has 0 aromatic rings. The zero-order valence-corrected chi connectivity index (χ0v) is 7.23. The maximum Gasteiger partial charge on any atom is 0.164 e. The number of hydrogen-bond acceptors (Lipinski definition) is 4. The van der Waals surface area contributed by atoms with Crippen molar-refractivity contribution in [2.45, 2.75) is 37.9 Å². The molecule has 2 aliphatic rings. The van der Waals surface area contributed by atoms with Crippen LogP contribution in [0.3, 0.4) is 0 Å². The van der Waals surface area contributed by atoms with Crippen molar-refractivity contribution in [3.8, 4) is 0 Å². The van der Waals surface area contributed by atoms with Crippen molar-refractivity contribution in [2.24, 2.45) is 4.99 Å². The molecule has 2 aliphatic heterocycles. The van der Waals surface area contributed by atoms with Gasteiger partial charge in [0.25, 0.3) is 0 Å². The lowest BCUT2D eigenvalue weighted by atomic mass is 10.1. The summed E-state index contributed by atoms with van der Waals surface area (Å²) >= 11 is 0. The van der Waals surface area contributed by atoms with E-state index in [2.05, 4.69) is 4.99 Å². The molecule has 3 unspecified atom stereocenters. The zero-order chi connectivity index (χ0) is 8.77. The Labute approximate surface area is 71.2 Å². The summed E-state index contributed by atoms with van der Waals surface area (Å²) in [4.78, 5) is 3.99. The second-order valence-electron chi connectivity index (χ2n) is 3.65. The molecule has 0 amide bonds. The molecule has 0 bridgehead atoms. The lowest BCUT2D eigenvalue weighted by Crippen LogP contribution is -2.41. The van der Waals surface area contributed by atoms with E-state index in [9.17, 15) is 5.11 Å². The van der Waals surface area contributed by atoms with E-state index in [1.807, 2.05) is 13.8 Å². The van der Waals surface area contributed by atoms with Gasteiger partial charge in [-0.2, -0.15) is 0 Å². The number of rotatable bonds is 0. The van der Waals surface area contributed by atoms with Gasteiger partial charge in [-0.3, -0.25) is 4.99 Å². The number of nitrogens with zero attached hydrogens (tertiary/aromatic N) is 1. The summed E-state index contributed by atoms with van der Waals surface area (Å²) in [5.74, 6) is -0.591. The summed E-state index contributed by atoms with van der Waals surface area (Å²) < 4.78 is 11.0. The highest BCUT2D eigenvalue weighted by molar-refractivity contribution is 5.65. The van der Waals surface area contributed by atoms with Gasteiger partial charge in [0.15, 0.2) is 5.79 Å². The molecule has 0 aliphatic carbocycles. The van der Waals surface area contributed by atoms with Crippen molar-refractivity contribution in [1.29, 1.82) is 0 Å². The van der Waals surface area contributed by atoms with E-state index >= 15 is 0 Å². The van der Waals surface area contributed by atoms with Gasteiger partial charge in [-0.1, -0.05) is 0 Å². The Balaban J connectivity index is 2.17. The van der Waals surface area contributed by atoms with Crippen LogP contribution in [0.15, 0.2) is 4.99 Å². The minimum Gasteiger partial charge on any atom is -0.388 e. The predicted octanol–water partition coefficient (Wildman–Crippen LogP) is -0.0482. The molecule has 1 N–H and O–H groups in total. The maximum atomic E-state index is 9.49. The monoisotopic (exact) mass is 171 g/mol. The number of aliphatic imine (C=N–C) groups is 1. The molecule has 3 atom stereocenters. The first kappa shape index (κ1) is 8.16. The van der Waals surface area contributed by atoms with Crippen molar-refractivity contribution in [3.63, 3.8) is 0 Å². The third kappa shape index (κ3) is 1.26. The highest BCUT2D eigenvalue weighted by atomic mass is 16.8. The minimum absolute atomic E-state index is 0.177. The van der Waals surface area contributed by atoms with Crippen LogP contribution in [0.2, 0.25) is 0 Å². The predicted molar refractivity (Wildman–Crippen MR) is 43.2 cm³/mol. The van der Waals surface area contributed by atoms with E-state index in [0.717, 1.165) is 0 Å². The molecule has 12 heavy (non-hydrogen) atoms. The Morgan fingerprint density at radius 3 is 2.92 bits per heavy atom. The van der Waals surface area contributed by atoms with Crippen LogP contribution >= 0.6 is 0 Å². The summed E-state index contributed by atoms with van der Waals surface area (Å²) in [7, 11) is 0. The van der Waals surface area contributed by atoms with E-state index in [1.165, 1.54) is 0 Å². The van der Waals surface area contributed by atoms with Gasteiger partial charge < -0.3 is 14.6 Å². The molecule has 0 spiro atoms. The summed E-state index contributed by atoms with van der Waals surface area (Å²) in [5, 5.41) is 9.49. The van der Waals surface area contributed by atoms with Crippen LogP contribution < -0.4 is 0 Å². The molecule has 0 saturated carbocycles. The largest absolute Gasteiger partial charge is 0.388 e. The Bertz CT molecular complexity index is 214. The van der Waals surface area contributed by atoms with Gasteiger partial charge in [-0.15, -0.1) is 0 Å². The second-order valence-corrected chi connectivity index (χ2v) is 3.65. The van der Waals surface area contributed by atoms with Crippen molar-refractivity contribution < 1.29 is 14.6 Å². The molecule has 0 aromatic carbocycles. The van der Waals surface area contributed by atoms with Crippen molar-refractivity contribution in [2.75, 3.05) is 6.54 Å².